The third-order valence-electron chi connectivity index (χ3n) is 6.33. The Hall–Kier alpha value is -3.78. The molecule has 0 fully saturated rings. The van der Waals surface area contributed by atoms with E-state index in [0.717, 1.165) is 22.3 Å². The number of amides is 1. The van der Waals surface area contributed by atoms with Crippen LogP contribution in [0, 0.1) is 13.8 Å². The Bertz CT molecular complexity index is 1550. The molecule has 186 valence electrons. The molecule has 4 aromatic rings. The van der Waals surface area contributed by atoms with Gasteiger partial charge in [0.1, 0.15) is 13.2 Å². The first kappa shape index (κ1) is 23.9. The van der Waals surface area contributed by atoms with Crippen molar-refractivity contribution in [3.63, 3.8) is 0 Å². The van der Waals surface area contributed by atoms with Crippen LogP contribution >= 0.6 is 11.6 Å². The predicted octanol–water partition coefficient (Wildman–Crippen LogP) is 4.94. The maximum absolute atomic E-state index is 13.5. The van der Waals surface area contributed by atoms with E-state index >= 15 is 0 Å². The van der Waals surface area contributed by atoms with Crippen molar-refractivity contribution in [1.29, 1.82) is 0 Å². The molecule has 1 aliphatic rings. The second-order valence-corrected chi connectivity index (χ2v) is 9.59. The van der Waals surface area contributed by atoms with Gasteiger partial charge in [0, 0.05) is 34.8 Å². The van der Waals surface area contributed by atoms with Crippen molar-refractivity contribution in [2.45, 2.75) is 40.3 Å². The summed E-state index contributed by atoms with van der Waals surface area (Å²) in [6.07, 6.45) is 1.66. The summed E-state index contributed by atoms with van der Waals surface area (Å²) in [5, 5.41) is 8.35. The molecular formula is C27H27ClN4O4. The van der Waals surface area contributed by atoms with Gasteiger partial charge in [0.05, 0.1) is 22.3 Å². The number of carbonyl (C=O) groups excluding carboxylic acids is 1. The van der Waals surface area contributed by atoms with Gasteiger partial charge in [0.15, 0.2) is 11.5 Å². The summed E-state index contributed by atoms with van der Waals surface area (Å²) in [5.74, 6) is 0.922. The minimum Gasteiger partial charge on any atom is -0.486 e. The zero-order valence-electron chi connectivity index (χ0n) is 20.6. The van der Waals surface area contributed by atoms with E-state index in [1.807, 2.05) is 62.7 Å². The van der Waals surface area contributed by atoms with Crippen molar-refractivity contribution in [2.75, 3.05) is 13.2 Å². The van der Waals surface area contributed by atoms with E-state index in [1.54, 1.807) is 6.20 Å². The molecule has 2 aromatic heterocycles. The van der Waals surface area contributed by atoms with Gasteiger partial charge in [-0.2, -0.15) is 5.10 Å². The van der Waals surface area contributed by atoms with Gasteiger partial charge < -0.3 is 19.8 Å². The summed E-state index contributed by atoms with van der Waals surface area (Å²) in [4.78, 5) is 28.8. The molecule has 0 atom stereocenters. The van der Waals surface area contributed by atoms with Gasteiger partial charge in [0.2, 0.25) is 0 Å². The number of pyridine rings is 1. The summed E-state index contributed by atoms with van der Waals surface area (Å²) in [5.41, 5.74) is 4.43. The highest BCUT2D eigenvalue weighted by Gasteiger charge is 2.24. The van der Waals surface area contributed by atoms with E-state index in [4.69, 9.17) is 21.1 Å². The van der Waals surface area contributed by atoms with Crippen molar-refractivity contribution in [1.82, 2.24) is 20.1 Å². The number of H-pyrrole nitrogens is 1. The molecule has 0 saturated heterocycles. The molecule has 0 aliphatic carbocycles. The van der Waals surface area contributed by atoms with Crippen LogP contribution in [-0.2, 0) is 6.54 Å². The fourth-order valence-corrected chi connectivity index (χ4v) is 4.93. The van der Waals surface area contributed by atoms with Crippen LogP contribution in [0.3, 0.4) is 0 Å². The van der Waals surface area contributed by atoms with Crippen molar-refractivity contribution >= 4 is 28.4 Å². The van der Waals surface area contributed by atoms with Crippen LogP contribution in [0.4, 0.5) is 0 Å². The Labute approximate surface area is 213 Å². The highest BCUT2D eigenvalue weighted by atomic mass is 35.5. The van der Waals surface area contributed by atoms with Gasteiger partial charge in [-0.1, -0.05) is 17.7 Å². The quantitative estimate of drug-likeness (QED) is 0.399. The van der Waals surface area contributed by atoms with Crippen LogP contribution in [0.5, 0.6) is 11.5 Å². The maximum atomic E-state index is 13.5. The number of rotatable bonds is 5. The first-order valence-corrected chi connectivity index (χ1v) is 12.2. The monoisotopic (exact) mass is 506 g/mol. The predicted molar refractivity (Wildman–Crippen MR) is 139 cm³/mol. The number of aryl methyl sites for hydroxylation is 2. The molecule has 2 aromatic carbocycles. The van der Waals surface area contributed by atoms with Crippen LogP contribution in [0.25, 0.3) is 22.0 Å². The Balaban J connectivity index is 1.60. The number of fused-ring (bicyclic) bond motifs is 2. The largest absolute Gasteiger partial charge is 0.486 e. The topological polar surface area (TPSA) is 98.2 Å². The lowest BCUT2D eigenvalue weighted by atomic mass is 9.98. The molecule has 3 heterocycles. The van der Waals surface area contributed by atoms with Crippen LogP contribution in [0.15, 0.2) is 41.3 Å². The number of halogens is 1. The summed E-state index contributed by atoms with van der Waals surface area (Å²) in [6, 6.07) is 9.50. The summed E-state index contributed by atoms with van der Waals surface area (Å²) in [7, 11) is 0. The van der Waals surface area contributed by atoms with Crippen molar-refractivity contribution < 1.29 is 14.3 Å². The number of carbonyl (C=O) groups is 1. The molecule has 8 nitrogen and oxygen atoms in total. The van der Waals surface area contributed by atoms with Gasteiger partial charge in [0.25, 0.3) is 11.5 Å². The number of nitrogens with one attached hydrogen (secondary N) is 2. The number of ether oxygens (including phenoxy) is 2. The maximum Gasteiger partial charge on any atom is 0.253 e. The number of aromatic amines is 1. The second kappa shape index (κ2) is 9.35. The molecule has 1 aliphatic heterocycles. The molecule has 0 bridgehead atoms. The number of benzene rings is 2. The lowest BCUT2D eigenvalue weighted by Crippen LogP contribution is -2.28. The Morgan fingerprint density at radius 3 is 2.64 bits per heavy atom. The van der Waals surface area contributed by atoms with Crippen LogP contribution < -0.4 is 20.3 Å². The zero-order chi connectivity index (χ0) is 25.6. The molecule has 1 amide bonds. The van der Waals surface area contributed by atoms with Crippen LogP contribution in [-0.4, -0.2) is 33.9 Å². The SMILES string of the molecule is Cc1cc(C)c(CNC(=O)c2c(Cl)c(-c3ccc4c(c3)OCCO4)cc3c2cnn3C(C)C)c(=O)[nH]1. The van der Waals surface area contributed by atoms with Gasteiger partial charge in [-0.05, 0) is 63.1 Å². The molecule has 36 heavy (non-hydrogen) atoms. The minimum atomic E-state index is -0.382. The molecule has 9 heteroatoms. The first-order chi connectivity index (χ1) is 17.2. The van der Waals surface area contributed by atoms with Gasteiger partial charge in [-0.25, -0.2) is 0 Å². The average molecular weight is 507 g/mol. The third kappa shape index (κ3) is 4.22. The fourth-order valence-electron chi connectivity index (χ4n) is 4.57. The Morgan fingerprint density at radius 2 is 1.92 bits per heavy atom. The number of hydrogen-bond acceptors (Lipinski definition) is 5. The average Bonchev–Trinajstić information content (AvgIpc) is 3.26. The first-order valence-electron chi connectivity index (χ1n) is 11.8. The third-order valence-corrected chi connectivity index (χ3v) is 6.72. The summed E-state index contributed by atoms with van der Waals surface area (Å²) in [6.45, 7) is 8.76. The standard InChI is InChI=1S/C27H27ClN4O4/c1-14(2)32-21-11-18(17-5-6-22-23(10-17)36-8-7-35-22)25(28)24(20(21)13-30-32)27(34)29-12-19-15(3)9-16(4)31-26(19)33/h5-6,9-11,13-14H,7-8,12H2,1-4H3,(H,29,34)(H,31,33). The molecule has 0 unspecified atom stereocenters. The summed E-state index contributed by atoms with van der Waals surface area (Å²) >= 11 is 6.92. The molecular weight excluding hydrogens is 480 g/mol. The van der Waals surface area contributed by atoms with E-state index in [2.05, 4.69) is 15.4 Å². The lowest BCUT2D eigenvalue weighted by molar-refractivity contribution is 0.0952. The highest BCUT2D eigenvalue weighted by molar-refractivity contribution is 6.38. The van der Waals surface area contributed by atoms with E-state index < -0.39 is 0 Å². The Kier molecular flexibility index (Phi) is 6.22. The van der Waals surface area contributed by atoms with Gasteiger partial charge in [-0.15, -0.1) is 0 Å². The van der Waals surface area contributed by atoms with Crippen molar-refractivity contribution in [3.8, 4) is 22.6 Å². The van der Waals surface area contributed by atoms with Crippen molar-refractivity contribution in [2.24, 2.45) is 0 Å². The lowest BCUT2D eigenvalue weighted by Gasteiger charge is -2.20. The number of nitrogens with zero attached hydrogens (tertiary/aromatic N) is 2. The van der Waals surface area contributed by atoms with Crippen LogP contribution in [0.1, 0.15) is 47.1 Å². The number of aromatic nitrogens is 3. The molecule has 0 saturated carbocycles. The van der Waals surface area contributed by atoms with E-state index in [1.165, 1.54) is 0 Å². The molecule has 5 rings (SSSR count). The minimum absolute atomic E-state index is 0.0708. The molecule has 0 spiro atoms. The normalized spacial score (nSPS) is 12.8. The molecule has 2 N–H and O–H groups in total. The van der Waals surface area contributed by atoms with Crippen LogP contribution in [0.2, 0.25) is 5.02 Å². The highest BCUT2D eigenvalue weighted by Crippen LogP contribution is 2.41. The summed E-state index contributed by atoms with van der Waals surface area (Å²) < 4.78 is 13.3. The smallest absolute Gasteiger partial charge is 0.253 e. The van der Waals surface area contributed by atoms with E-state index in [0.29, 0.717) is 51.8 Å². The molecule has 0 radical (unpaired) electrons. The second-order valence-electron chi connectivity index (χ2n) is 9.21. The zero-order valence-corrected chi connectivity index (χ0v) is 21.3. The Morgan fingerprint density at radius 1 is 1.17 bits per heavy atom. The van der Waals surface area contributed by atoms with Gasteiger partial charge >= 0.3 is 0 Å². The van der Waals surface area contributed by atoms with E-state index in [-0.39, 0.29) is 24.1 Å². The van der Waals surface area contributed by atoms with E-state index in [9.17, 15) is 9.59 Å². The fraction of sp³-hybridized carbons (Fsp3) is 0.296. The van der Waals surface area contributed by atoms with Crippen molar-refractivity contribution in [3.05, 3.63) is 74.3 Å². The number of hydrogen-bond donors (Lipinski definition) is 2. The van der Waals surface area contributed by atoms with Gasteiger partial charge in [-0.3, -0.25) is 14.3 Å².